The summed E-state index contributed by atoms with van der Waals surface area (Å²) >= 11 is 6.27. The second kappa shape index (κ2) is 8.52. The Bertz CT molecular complexity index is 1100. The molecule has 3 heterocycles. The van der Waals surface area contributed by atoms with Crippen LogP contribution < -0.4 is 10.2 Å². The minimum Gasteiger partial charge on any atom is -0.366 e. The number of carbonyl (C=O) groups excluding carboxylic acids is 1. The lowest BCUT2D eigenvalue weighted by atomic mass is 10.1. The predicted molar refractivity (Wildman–Crippen MR) is 122 cm³/mol. The molecular formula is C24H26ClFN4O. The van der Waals surface area contributed by atoms with Crippen LogP contribution in [-0.2, 0) is 6.54 Å². The van der Waals surface area contributed by atoms with E-state index in [4.69, 9.17) is 11.6 Å². The molecule has 162 valence electrons. The molecule has 0 spiro atoms. The Labute approximate surface area is 186 Å². The molecule has 31 heavy (non-hydrogen) atoms. The second-order valence-corrected chi connectivity index (χ2v) is 8.82. The van der Waals surface area contributed by atoms with Gasteiger partial charge in [-0.3, -0.25) is 4.79 Å². The number of aromatic nitrogens is 1. The molecule has 2 aromatic carbocycles. The molecule has 2 fully saturated rings. The molecule has 1 amide bonds. The maximum atomic E-state index is 14.1. The fraction of sp³-hybridized carbons (Fsp3) is 0.375. The SMILES string of the molecule is O=C(c1cn(C[C@@H]2CCCN2)c2cc(Cl)ccc12)N1CCN(c2ccccc2F)CC1. The number of amides is 1. The lowest BCUT2D eigenvalue weighted by molar-refractivity contribution is 0.0748. The third kappa shape index (κ3) is 4.02. The quantitative estimate of drug-likeness (QED) is 0.662. The van der Waals surface area contributed by atoms with Crippen molar-refractivity contribution in [2.45, 2.75) is 25.4 Å². The van der Waals surface area contributed by atoms with Crippen LogP contribution in [-0.4, -0.2) is 54.1 Å². The van der Waals surface area contributed by atoms with Gasteiger partial charge in [-0.15, -0.1) is 0 Å². The standard InChI is InChI=1S/C24H26ClFN4O/c25-17-7-8-19-20(16-30(23(19)14-17)15-18-4-3-9-27-18)24(31)29-12-10-28(11-13-29)22-6-2-1-5-21(22)26/h1-2,5-8,14,16,18,27H,3-4,9-13,15H2/t18-/m0/s1. The lowest BCUT2D eigenvalue weighted by Crippen LogP contribution is -2.49. The number of hydrogen-bond donors (Lipinski definition) is 1. The minimum atomic E-state index is -0.220. The van der Waals surface area contributed by atoms with Crippen molar-refractivity contribution in [3.8, 4) is 0 Å². The molecule has 3 aromatic rings. The van der Waals surface area contributed by atoms with E-state index in [1.165, 1.54) is 12.5 Å². The first-order valence-corrected chi connectivity index (χ1v) is 11.3. The van der Waals surface area contributed by atoms with E-state index in [1.807, 2.05) is 40.3 Å². The number of fused-ring (bicyclic) bond motifs is 1. The topological polar surface area (TPSA) is 40.5 Å². The molecule has 1 aromatic heterocycles. The number of para-hydroxylation sites is 1. The van der Waals surface area contributed by atoms with Gasteiger partial charge in [0.15, 0.2) is 0 Å². The highest BCUT2D eigenvalue weighted by Crippen LogP contribution is 2.28. The van der Waals surface area contributed by atoms with E-state index in [0.717, 1.165) is 30.4 Å². The molecule has 5 nitrogen and oxygen atoms in total. The number of halogens is 2. The Morgan fingerprint density at radius 2 is 1.94 bits per heavy atom. The Kier molecular flexibility index (Phi) is 5.59. The number of nitrogens with zero attached hydrogens (tertiary/aromatic N) is 3. The number of anilines is 1. The zero-order valence-corrected chi connectivity index (χ0v) is 18.1. The highest BCUT2D eigenvalue weighted by Gasteiger charge is 2.26. The van der Waals surface area contributed by atoms with Crippen molar-refractivity contribution in [1.82, 2.24) is 14.8 Å². The van der Waals surface area contributed by atoms with Crippen molar-refractivity contribution in [2.24, 2.45) is 0 Å². The molecular weight excluding hydrogens is 415 g/mol. The van der Waals surface area contributed by atoms with Crippen molar-refractivity contribution in [1.29, 1.82) is 0 Å². The van der Waals surface area contributed by atoms with Crippen LogP contribution in [0.2, 0.25) is 5.02 Å². The van der Waals surface area contributed by atoms with Gasteiger partial charge in [0.1, 0.15) is 5.82 Å². The zero-order chi connectivity index (χ0) is 21.4. The third-order valence-electron chi connectivity index (χ3n) is 6.41. The van der Waals surface area contributed by atoms with Crippen molar-refractivity contribution >= 4 is 34.1 Å². The van der Waals surface area contributed by atoms with E-state index in [-0.39, 0.29) is 11.7 Å². The van der Waals surface area contributed by atoms with Gasteiger partial charge in [0.25, 0.3) is 5.91 Å². The molecule has 0 saturated carbocycles. The average Bonchev–Trinajstić information content (AvgIpc) is 3.42. The monoisotopic (exact) mass is 440 g/mol. The van der Waals surface area contributed by atoms with Gasteiger partial charge in [-0.05, 0) is 43.7 Å². The summed E-state index contributed by atoms with van der Waals surface area (Å²) < 4.78 is 16.3. The largest absolute Gasteiger partial charge is 0.366 e. The molecule has 1 N–H and O–H groups in total. The Hall–Kier alpha value is -2.57. The molecule has 0 aliphatic carbocycles. The van der Waals surface area contributed by atoms with Gasteiger partial charge in [0, 0.05) is 55.4 Å². The van der Waals surface area contributed by atoms with Crippen molar-refractivity contribution in [3.05, 3.63) is 65.1 Å². The van der Waals surface area contributed by atoms with Gasteiger partial charge in [-0.2, -0.15) is 0 Å². The van der Waals surface area contributed by atoms with Crippen LogP contribution in [0.5, 0.6) is 0 Å². The highest BCUT2D eigenvalue weighted by molar-refractivity contribution is 6.31. The molecule has 1 atom stereocenters. The molecule has 5 rings (SSSR count). The van der Waals surface area contributed by atoms with E-state index in [1.54, 1.807) is 12.1 Å². The molecule has 2 aliphatic heterocycles. The summed E-state index contributed by atoms with van der Waals surface area (Å²) in [4.78, 5) is 17.3. The van der Waals surface area contributed by atoms with Crippen molar-refractivity contribution in [3.63, 3.8) is 0 Å². The van der Waals surface area contributed by atoms with Gasteiger partial charge in [0.2, 0.25) is 0 Å². The summed E-state index contributed by atoms with van der Waals surface area (Å²) in [5, 5.41) is 5.13. The minimum absolute atomic E-state index is 0.0265. The van der Waals surface area contributed by atoms with Crippen LogP contribution in [0.3, 0.4) is 0 Å². The maximum absolute atomic E-state index is 14.1. The van der Waals surface area contributed by atoms with Gasteiger partial charge >= 0.3 is 0 Å². The molecule has 2 aliphatic rings. The van der Waals surface area contributed by atoms with Crippen LogP contribution in [0.25, 0.3) is 10.9 Å². The van der Waals surface area contributed by atoms with Crippen LogP contribution in [0.1, 0.15) is 23.2 Å². The molecule has 2 saturated heterocycles. The Morgan fingerprint density at radius 3 is 2.68 bits per heavy atom. The molecule has 0 unspecified atom stereocenters. The van der Waals surface area contributed by atoms with Gasteiger partial charge in [0.05, 0.1) is 16.8 Å². The molecule has 0 radical (unpaired) electrons. The smallest absolute Gasteiger partial charge is 0.256 e. The summed E-state index contributed by atoms with van der Waals surface area (Å²) in [7, 11) is 0. The Morgan fingerprint density at radius 1 is 1.13 bits per heavy atom. The third-order valence-corrected chi connectivity index (χ3v) is 6.65. The number of rotatable bonds is 4. The first-order chi connectivity index (χ1) is 15.1. The summed E-state index contributed by atoms with van der Waals surface area (Å²) in [6.45, 7) is 4.23. The number of piperazine rings is 1. The zero-order valence-electron chi connectivity index (χ0n) is 17.4. The molecule has 7 heteroatoms. The number of benzene rings is 2. The van der Waals surface area contributed by atoms with Crippen LogP contribution in [0.15, 0.2) is 48.7 Å². The van der Waals surface area contributed by atoms with Crippen molar-refractivity contribution < 1.29 is 9.18 Å². The summed E-state index contributed by atoms with van der Waals surface area (Å²) in [5.41, 5.74) is 2.31. The summed E-state index contributed by atoms with van der Waals surface area (Å²) in [6.07, 6.45) is 4.30. The van der Waals surface area contributed by atoms with Crippen LogP contribution in [0, 0.1) is 5.82 Å². The first kappa shape index (κ1) is 20.3. The summed E-state index contributed by atoms with van der Waals surface area (Å²) in [6, 6.07) is 13.0. The summed E-state index contributed by atoms with van der Waals surface area (Å²) in [5.74, 6) is -0.193. The highest BCUT2D eigenvalue weighted by atomic mass is 35.5. The van der Waals surface area contributed by atoms with Crippen LogP contribution in [0.4, 0.5) is 10.1 Å². The normalized spacial score (nSPS) is 19.4. The maximum Gasteiger partial charge on any atom is 0.256 e. The van der Waals surface area contributed by atoms with Crippen LogP contribution >= 0.6 is 11.6 Å². The van der Waals surface area contributed by atoms with E-state index >= 15 is 0 Å². The second-order valence-electron chi connectivity index (χ2n) is 8.38. The number of carbonyl (C=O) groups is 1. The number of nitrogens with one attached hydrogen (secondary N) is 1. The van der Waals surface area contributed by atoms with Crippen molar-refractivity contribution in [2.75, 3.05) is 37.6 Å². The first-order valence-electron chi connectivity index (χ1n) is 10.9. The fourth-order valence-electron chi connectivity index (χ4n) is 4.77. The van der Waals surface area contributed by atoms with Gasteiger partial charge in [-0.1, -0.05) is 29.8 Å². The fourth-order valence-corrected chi connectivity index (χ4v) is 4.93. The van der Waals surface area contributed by atoms with E-state index < -0.39 is 0 Å². The predicted octanol–water partition coefficient (Wildman–Crippen LogP) is 4.15. The number of hydrogen-bond acceptors (Lipinski definition) is 3. The Balaban J connectivity index is 1.37. The molecule has 0 bridgehead atoms. The lowest BCUT2D eigenvalue weighted by Gasteiger charge is -2.36. The van der Waals surface area contributed by atoms with E-state index in [9.17, 15) is 9.18 Å². The van der Waals surface area contributed by atoms with Gasteiger partial charge < -0.3 is 19.7 Å². The average molecular weight is 441 g/mol. The van der Waals surface area contributed by atoms with Gasteiger partial charge in [-0.25, -0.2) is 4.39 Å². The van der Waals surface area contributed by atoms with E-state index in [0.29, 0.717) is 48.5 Å². The van der Waals surface area contributed by atoms with E-state index in [2.05, 4.69) is 9.88 Å².